The largest absolute Gasteiger partial charge is 0.508 e. The number of carbonyl (C=O) groups is 1. The molecule has 0 radical (unpaired) electrons. The van der Waals surface area contributed by atoms with E-state index < -0.39 is 0 Å². The summed E-state index contributed by atoms with van der Waals surface area (Å²) in [6.45, 7) is 9.51. The van der Waals surface area contributed by atoms with Gasteiger partial charge in [0.05, 0.1) is 17.9 Å². The molecular weight excluding hydrogens is 528 g/mol. The van der Waals surface area contributed by atoms with Crippen LogP contribution in [0.3, 0.4) is 0 Å². The van der Waals surface area contributed by atoms with Crippen LogP contribution >= 0.6 is 0 Å². The number of pyridine rings is 1. The van der Waals surface area contributed by atoms with Gasteiger partial charge in [0, 0.05) is 66.9 Å². The maximum absolute atomic E-state index is 12.1. The van der Waals surface area contributed by atoms with Crippen molar-refractivity contribution in [2.75, 3.05) is 62.7 Å². The smallest absolute Gasteiger partial charge is 0.245 e. The number of ether oxygens (including phenoxy) is 1. The molecule has 9 heteroatoms. The second-order valence-electron chi connectivity index (χ2n) is 12.4. The van der Waals surface area contributed by atoms with E-state index in [0.717, 1.165) is 91.9 Å². The molecule has 4 aliphatic heterocycles. The van der Waals surface area contributed by atoms with Crippen molar-refractivity contribution in [1.82, 2.24) is 14.8 Å². The molecule has 216 valence electrons. The van der Waals surface area contributed by atoms with E-state index in [2.05, 4.69) is 40.5 Å². The van der Waals surface area contributed by atoms with Crippen molar-refractivity contribution in [3.8, 4) is 17.7 Å². The number of rotatable bonds is 6. The number of fused-ring (bicyclic) bond motifs is 2. The van der Waals surface area contributed by atoms with Gasteiger partial charge in [-0.25, -0.2) is 4.98 Å². The van der Waals surface area contributed by atoms with E-state index in [9.17, 15) is 15.2 Å². The van der Waals surface area contributed by atoms with E-state index in [-0.39, 0.29) is 17.1 Å². The van der Waals surface area contributed by atoms with Crippen molar-refractivity contribution in [1.29, 1.82) is 5.26 Å². The molecule has 2 aromatic carbocycles. The predicted molar refractivity (Wildman–Crippen MR) is 162 cm³/mol. The summed E-state index contributed by atoms with van der Waals surface area (Å²) in [5.74, 6) is 0.625. The number of nitrogens with zero attached hydrogens (tertiary/aromatic N) is 6. The van der Waals surface area contributed by atoms with Gasteiger partial charge in [0.1, 0.15) is 24.0 Å². The van der Waals surface area contributed by atoms with Gasteiger partial charge in [-0.15, -0.1) is 0 Å². The number of carbonyl (C=O) groups excluding carboxylic acids is 1. The van der Waals surface area contributed by atoms with Crippen molar-refractivity contribution >= 4 is 28.1 Å². The molecule has 7 rings (SSSR count). The summed E-state index contributed by atoms with van der Waals surface area (Å²) in [5.41, 5.74) is 4.51. The molecule has 9 nitrogen and oxygen atoms in total. The monoisotopic (exact) mass is 564 g/mol. The zero-order valence-electron chi connectivity index (χ0n) is 24.1. The van der Waals surface area contributed by atoms with Crippen LogP contribution in [-0.4, -0.2) is 84.8 Å². The van der Waals surface area contributed by atoms with Gasteiger partial charge >= 0.3 is 0 Å². The molecule has 3 saturated heterocycles. The maximum atomic E-state index is 12.1. The Morgan fingerprint density at radius 3 is 2.76 bits per heavy atom. The topological polar surface area (TPSA) is 96.2 Å². The van der Waals surface area contributed by atoms with Crippen LogP contribution in [0.5, 0.6) is 11.6 Å². The lowest BCUT2D eigenvalue weighted by molar-refractivity contribution is -0.139. The SMILES string of the molecule is C=CC(=O)N1CC2(C1)CN(c1c(C#N)c(OCC3CCCN3C)nc3c1CCN(c1cc(O)cc4ccccc14)C3)C2. The fraction of sp³-hybridized carbons (Fsp3) is 0.424. The van der Waals surface area contributed by atoms with Gasteiger partial charge < -0.3 is 29.4 Å². The van der Waals surface area contributed by atoms with Gasteiger partial charge in [-0.05, 0) is 50.4 Å². The third kappa shape index (κ3) is 4.42. The lowest BCUT2D eigenvalue weighted by atomic mass is 9.72. The van der Waals surface area contributed by atoms with Gasteiger partial charge in [-0.2, -0.15) is 5.26 Å². The minimum absolute atomic E-state index is 0.0230. The Kier molecular flexibility index (Phi) is 6.47. The molecule has 5 heterocycles. The summed E-state index contributed by atoms with van der Waals surface area (Å²) in [6.07, 6.45) is 4.32. The third-order valence-corrected chi connectivity index (χ3v) is 9.56. The first kappa shape index (κ1) is 26.6. The molecule has 1 unspecified atom stereocenters. The van der Waals surface area contributed by atoms with Crippen molar-refractivity contribution in [2.24, 2.45) is 5.41 Å². The number of phenols is 1. The summed E-state index contributed by atoms with van der Waals surface area (Å²) >= 11 is 0. The van der Waals surface area contributed by atoms with Crippen LogP contribution < -0.4 is 14.5 Å². The molecule has 3 aromatic rings. The number of amides is 1. The predicted octanol–water partition coefficient (Wildman–Crippen LogP) is 3.68. The second kappa shape index (κ2) is 10.2. The third-order valence-electron chi connectivity index (χ3n) is 9.56. The second-order valence-corrected chi connectivity index (χ2v) is 12.4. The van der Waals surface area contributed by atoms with Crippen LogP contribution in [0.2, 0.25) is 0 Å². The number of nitriles is 1. The fourth-order valence-corrected chi connectivity index (χ4v) is 7.37. The van der Waals surface area contributed by atoms with Crippen LogP contribution in [0.25, 0.3) is 10.8 Å². The van der Waals surface area contributed by atoms with E-state index in [4.69, 9.17) is 9.72 Å². The highest BCUT2D eigenvalue weighted by Gasteiger charge is 2.54. The molecular formula is C33H36N6O3. The number of aromatic hydroxyl groups is 1. The van der Waals surface area contributed by atoms with Gasteiger partial charge in [0.2, 0.25) is 11.8 Å². The highest BCUT2D eigenvalue weighted by Crippen LogP contribution is 2.47. The first-order valence-electron chi connectivity index (χ1n) is 14.8. The van der Waals surface area contributed by atoms with Crippen LogP contribution in [-0.2, 0) is 17.8 Å². The Hall–Kier alpha value is -4.29. The first-order valence-corrected chi connectivity index (χ1v) is 14.8. The van der Waals surface area contributed by atoms with Crippen molar-refractivity contribution in [2.45, 2.75) is 31.8 Å². The van der Waals surface area contributed by atoms with Crippen LogP contribution in [0.1, 0.15) is 29.7 Å². The van der Waals surface area contributed by atoms with E-state index in [1.54, 1.807) is 6.07 Å². The molecule has 1 N–H and O–H groups in total. The number of hydrogen-bond acceptors (Lipinski definition) is 8. The average Bonchev–Trinajstić information content (AvgIpc) is 3.37. The van der Waals surface area contributed by atoms with Crippen molar-refractivity contribution in [3.63, 3.8) is 0 Å². The highest BCUT2D eigenvalue weighted by molar-refractivity contribution is 5.96. The summed E-state index contributed by atoms with van der Waals surface area (Å²) < 4.78 is 6.37. The molecule has 1 amide bonds. The zero-order chi connectivity index (χ0) is 29.0. The maximum Gasteiger partial charge on any atom is 0.245 e. The number of anilines is 2. The Morgan fingerprint density at radius 2 is 2.02 bits per heavy atom. The fourth-order valence-electron chi connectivity index (χ4n) is 7.37. The lowest BCUT2D eigenvalue weighted by Gasteiger charge is -2.61. The number of phenolic OH excluding ortho intramolecular Hbond substituents is 1. The molecule has 42 heavy (non-hydrogen) atoms. The highest BCUT2D eigenvalue weighted by atomic mass is 16.5. The van der Waals surface area contributed by atoms with Gasteiger partial charge in [0.25, 0.3) is 0 Å². The van der Waals surface area contributed by atoms with Gasteiger partial charge in [-0.1, -0.05) is 30.8 Å². The quantitative estimate of drug-likeness (QED) is 0.453. The summed E-state index contributed by atoms with van der Waals surface area (Å²) in [6, 6.07) is 14.5. The van der Waals surface area contributed by atoms with Gasteiger partial charge in [-0.3, -0.25) is 4.79 Å². The Morgan fingerprint density at radius 1 is 1.21 bits per heavy atom. The normalized spacial score (nSPS) is 21.0. The first-order chi connectivity index (χ1) is 20.4. The minimum Gasteiger partial charge on any atom is -0.508 e. The van der Waals surface area contributed by atoms with Crippen molar-refractivity contribution < 1.29 is 14.6 Å². The van der Waals surface area contributed by atoms with E-state index >= 15 is 0 Å². The molecule has 1 aromatic heterocycles. The summed E-state index contributed by atoms with van der Waals surface area (Å²) in [7, 11) is 2.12. The molecule has 0 aliphatic carbocycles. The number of likely N-dealkylation sites (N-methyl/N-ethyl adjacent to an activating group) is 1. The number of benzene rings is 2. The van der Waals surface area contributed by atoms with Crippen LogP contribution in [0, 0.1) is 16.7 Å². The van der Waals surface area contributed by atoms with Crippen LogP contribution in [0.4, 0.5) is 11.4 Å². The number of hydrogen-bond donors (Lipinski definition) is 1. The van der Waals surface area contributed by atoms with E-state index in [0.29, 0.717) is 30.6 Å². The summed E-state index contributed by atoms with van der Waals surface area (Å²) in [5, 5.41) is 23.0. The lowest BCUT2D eigenvalue weighted by Crippen LogP contribution is -2.73. The molecule has 4 aliphatic rings. The zero-order valence-corrected chi connectivity index (χ0v) is 24.1. The molecule has 0 bridgehead atoms. The minimum atomic E-state index is -0.0230. The number of likely N-dealkylation sites (tertiary alicyclic amines) is 2. The molecule has 1 atom stereocenters. The average molecular weight is 565 g/mol. The Labute approximate surface area is 246 Å². The standard InChI is InChI=1S/C33H36N6O3/c1-3-30(41)38-18-33(19-38)20-39(21-33)31-26-10-12-37(29-14-24(40)13-22-7-4-5-9-25(22)29)16-28(26)35-32(27(31)15-34)42-17-23-8-6-11-36(23)2/h3-5,7,9,13-14,23,40H,1,6,8,10-12,16-21H2,2H3. The van der Waals surface area contributed by atoms with Gasteiger partial charge in [0.15, 0.2) is 0 Å². The number of aromatic nitrogens is 1. The Bertz CT molecular complexity index is 1620. The molecule has 1 spiro atoms. The van der Waals surface area contributed by atoms with Crippen molar-refractivity contribution in [3.05, 3.63) is 65.9 Å². The van der Waals surface area contributed by atoms with E-state index in [1.807, 2.05) is 29.2 Å². The van der Waals surface area contributed by atoms with Crippen LogP contribution in [0.15, 0.2) is 49.1 Å². The molecule has 3 fully saturated rings. The summed E-state index contributed by atoms with van der Waals surface area (Å²) in [4.78, 5) is 25.8. The Balaban J connectivity index is 1.23. The molecule has 0 saturated carbocycles. The van der Waals surface area contributed by atoms with E-state index in [1.165, 1.54) is 6.08 Å².